The van der Waals surface area contributed by atoms with Crippen molar-refractivity contribution in [2.75, 3.05) is 18.4 Å². The average molecular weight is 557 g/mol. The molecule has 0 aliphatic carbocycles. The van der Waals surface area contributed by atoms with E-state index in [1.807, 2.05) is 30.3 Å². The minimum atomic E-state index is -4.89. The number of carbonyl (C=O) groups is 2. The highest BCUT2D eigenvalue weighted by molar-refractivity contribution is 7.10. The number of nitrogens with zero attached hydrogens (tertiary/aromatic N) is 4. The second kappa shape index (κ2) is 11.2. The summed E-state index contributed by atoms with van der Waals surface area (Å²) in [7, 11) is 0. The fourth-order valence-corrected chi connectivity index (χ4v) is 5.29. The van der Waals surface area contributed by atoms with Crippen molar-refractivity contribution >= 4 is 29.1 Å². The molecule has 1 saturated heterocycles. The number of para-hydroxylation sites is 1. The van der Waals surface area contributed by atoms with E-state index in [1.165, 1.54) is 34.4 Å². The molecule has 0 atom stereocenters. The van der Waals surface area contributed by atoms with Gasteiger partial charge in [-0.2, -0.15) is 4.98 Å². The number of carbonyl (C=O) groups excluding carboxylic acids is 2. The maximum atomic E-state index is 12.9. The molecular formula is C26H23F3N6O3S. The third-order valence-electron chi connectivity index (χ3n) is 6.20. The molecule has 1 aliphatic rings. The van der Waals surface area contributed by atoms with Crippen LogP contribution in [0.15, 0.2) is 60.0 Å². The first-order valence-electron chi connectivity index (χ1n) is 12.1. The third kappa shape index (κ3) is 6.60. The van der Waals surface area contributed by atoms with Crippen molar-refractivity contribution in [2.45, 2.75) is 31.5 Å². The molecule has 0 bridgehead atoms. The zero-order valence-electron chi connectivity index (χ0n) is 20.4. The van der Waals surface area contributed by atoms with Crippen molar-refractivity contribution in [3.05, 3.63) is 87.6 Å². The molecule has 0 radical (unpaired) electrons. The molecule has 39 heavy (non-hydrogen) atoms. The lowest BCUT2D eigenvalue weighted by molar-refractivity contribution is -0.274. The molecule has 13 heteroatoms. The molecule has 2 N–H and O–H groups in total. The Kier molecular flexibility index (Phi) is 7.59. The largest absolute Gasteiger partial charge is 0.573 e. The zero-order valence-corrected chi connectivity index (χ0v) is 21.3. The Hall–Kier alpha value is -4.26. The van der Waals surface area contributed by atoms with E-state index in [1.54, 1.807) is 5.38 Å². The Morgan fingerprint density at radius 1 is 1.05 bits per heavy atom. The number of aromatic amines is 1. The van der Waals surface area contributed by atoms with Crippen LogP contribution in [0.5, 0.6) is 5.75 Å². The Bertz CT molecular complexity index is 1450. The molecule has 5 rings (SSSR count). The highest BCUT2D eigenvalue weighted by atomic mass is 32.1. The fraction of sp³-hybridized carbons (Fsp3) is 0.269. The summed E-state index contributed by atoms with van der Waals surface area (Å²) in [6.07, 6.45) is -3.22. The topological polar surface area (TPSA) is 113 Å². The van der Waals surface area contributed by atoms with Crippen molar-refractivity contribution in [1.29, 1.82) is 0 Å². The highest BCUT2D eigenvalue weighted by Gasteiger charge is 2.34. The van der Waals surface area contributed by atoms with Gasteiger partial charge in [-0.3, -0.25) is 20.0 Å². The van der Waals surface area contributed by atoms with E-state index in [9.17, 15) is 22.8 Å². The lowest BCUT2D eigenvalue weighted by atomic mass is 9.97. The second-order valence-corrected chi connectivity index (χ2v) is 9.79. The van der Waals surface area contributed by atoms with Crippen LogP contribution in [-0.4, -0.2) is 56.3 Å². The molecule has 4 aromatic rings. The van der Waals surface area contributed by atoms with Crippen molar-refractivity contribution in [3.8, 4) is 5.75 Å². The molecule has 2 amide bonds. The first-order chi connectivity index (χ1) is 18.7. The van der Waals surface area contributed by atoms with Crippen molar-refractivity contribution in [2.24, 2.45) is 0 Å². The van der Waals surface area contributed by atoms with Gasteiger partial charge in [0.1, 0.15) is 17.3 Å². The highest BCUT2D eigenvalue weighted by Crippen LogP contribution is 2.33. The normalized spacial score (nSPS) is 14.3. The van der Waals surface area contributed by atoms with Gasteiger partial charge in [-0.05, 0) is 30.5 Å². The minimum absolute atomic E-state index is 0.0169. The van der Waals surface area contributed by atoms with E-state index in [0.717, 1.165) is 16.6 Å². The van der Waals surface area contributed by atoms with Crippen molar-refractivity contribution < 1.29 is 27.5 Å². The quantitative estimate of drug-likeness (QED) is 0.331. The van der Waals surface area contributed by atoms with E-state index in [2.05, 4.69) is 30.2 Å². The fourth-order valence-electron chi connectivity index (χ4n) is 4.32. The van der Waals surface area contributed by atoms with E-state index in [4.69, 9.17) is 0 Å². The third-order valence-corrected chi connectivity index (χ3v) is 7.21. The minimum Gasteiger partial charge on any atom is -0.405 e. The van der Waals surface area contributed by atoms with Gasteiger partial charge in [-0.15, -0.1) is 29.6 Å². The lowest BCUT2D eigenvalue weighted by Gasteiger charge is -2.31. The SMILES string of the molecule is O=C(Nc1n[nH]c(Cc2ccccc2)n1)c1csc(C2CCN(C(=O)c3ccccc3OC(F)(F)F)CC2)n1. The van der Waals surface area contributed by atoms with Crippen LogP contribution in [-0.2, 0) is 6.42 Å². The van der Waals surface area contributed by atoms with Gasteiger partial charge in [0.15, 0.2) is 0 Å². The summed E-state index contributed by atoms with van der Waals surface area (Å²) in [5.41, 5.74) is 1.16. The van der Waals surface area contributed by atoms with Gasteiger partial charge in [0.2, 0.25) is 5.95 Å². The Labute approximate surface area is 225 Å². The van der Waals surface area contributed by atoms with Crippen LogP contribution < -0.4 is 10.1 Å². The predicted octanol–water partition coefficient (Wildman–Crippen LogP) is 5.02. The summed E-state index contributed by atoms with van der Waals surface area (Å²) in [5.74, 6) is -0.691. The summed E-state index contributed by atoms with van der Waals surface area (Å²) in [6.45, 7) is 0.679. The maximum absolute atomic E-state index is 12.9. The van der Waals surface area contributed by atoms with Gasteiger partial charge in [0, 0.05) is 30.8 Å². The number of hydrogen-bond donors (Lipinski definition) is 2. The number of thiazole rings is 1. The number of likely N-dealkylation sites (tertiary alicyclic amines) is 1. The molecule has 0 saturated carbocycles. The van der Waals surface area contributed by atoms with E-state index < -0.39 is 23.9 Å². The standard InChI is InChI=1S/C26H23F3N6O3S/c27-26(28,29)38-20-9-5-4-8-18(20)24(37)35-12-10-17(11-13-35)23-30-19(15-39-23)22(36)32-25-31-21(33-34-25)14-16-6-2-1-3-7-16/h1-9,15,17H,10-14H2,(H2,31,32,33,34,36). The Morgan fingerprint density at radius 3 is 2.51 bits per heavy atom. The number of aromatic nitrogens is 4. The smallest absolute Gasteiger partial charge is 0.405 e. The van der Waals surface area contributed by atoms with Crippen LogP contribution >= 0.6 is 11.3 Å². The molecule has 2 aromatic heterocycles. The lowest BCUT2D eigenvalue weighted by Crippen LogP contribution is -2.38. The van der Waals surface area contributed by atoms with Gasteiger partial charge in [0.05, 0.1) is 10.6 Å². The van der Waals surface area contributed by atoms with Crippen LogP contribution in [0.4, 0.5) is 19.1 Å². The van der Waals surface area contributed by atoms with Crippen molar-refractivity contribution in [3.63, 3.8) is 0 Å². The summed E-state index contributed by atoms with van der Waals surface area (Å²) in [4.78, 5) is 35.9. The Morgan fingerprint density at radius 2 is 1.77 bits per heavy atom. The first kappa shape index (κ1) is 26.4. The second-order valence-electron chi connectivity index (χ2n) is 8.90. The van der Waals surface area contributed by atoms with E-state index >= 15 is 0 Å². The number of benzene rings is 2. The number of anilines is 1. The van der Waals surface area contributed by atoms with Crippen LogP contribution in [0, 0.1) is 0 Å². The van der Waals surface area contributed by atoms with Gasteiger partial charge >= 0.3 is 6.36 Å². The number of rotatable bonds is 7. The predicted molar refractivity (Wildman–Crippen MR) is 137 cm³/mol. The van der Waals surface area contributed by atoms with Gasteiger partial charge in [-0.25, -0.2) is 4.98 Å². The molecular weight excluding hydrogens is 533 g/mol. The number of ether oxygens (including phenoxy) is 1. The molecule has 0 unspecified atom stereocenters. The molecule has 9 nitrogen and oxygen atoms in total. The van der Waals surface area contributed by atoms with E-state index in [0.29, 0.717) is 38.2 Å². The monoisotopic (exact) mass is 556 g/mol. The van der Waals surface area contributed by atoms with Gasteiger partial charge < -0.3 is 9.64 Å². The zero-order chi connectivity index (χ0) is 27.4. The molecule has 202 valence electrons. The molecule has 1 aliphatic heterocycles. The van der Waals surface area contributed by atoms with Crippen molar-refractivity contribution in [1.82, 2.24) is 25.1 Å². The molecule has 0 spiro atoms. The molecule has 3 heterocycles. The Balaban J connectivity index is 1.16. The van der Waals surface area contributed by atoms with E-state index in [-0.39, 0.29) is 23.1 Å². The summed E-state index contributed by atoms with van der Waals surface area (Å²) in [5, 5.41) is 11.9. The number of amides is 2. The maximum Gasteiger partial charge on any atom is 0.573 e. The summed E-state index contributed by atoms with van der Waals surface area (Å²) >= 11 is 1.35. The van der Waals surface area contributed by atoms with Gasteiger partial charge in [-0.1, -0.05) is 42.5 Å². The number of alkyl halides is 3. The van der Waals surface area contributed by atoms with Crippen LogP contribution in [0.1, 0.15) is 56.0 Å². The summed E-state index contributed by atoms with van der Waals surface area (Å²) in [6, 6.07) is 15.1. The van der Waals surface area contributed by atoms with Crippen LogP contribution in [0.25, 0.3) is 0 Å². The first-order valence-corrected chi connectivity index (χ1v) is 13.0. The van der Waals surface area contributed by atoms with Crippen LogP contribution in [0.2, 0.25) is 0 Å². The number of halogens is 3. The number of piperidine rings is 1. The summed E-state index contributed by atoms with van der Waals surface area (Å²) < 4.78 is 42.2. The van der Waals surface area contributed by atoms with Crippen LogP contribution in [0.3, 0.4) is 0 Å². The average Bonchev–Trinajstić information content (AvgIpc) is 3.59. The number of nitrogens with one attached hydrogen (secondary N) is 2. The number of hydrogen-bond acceptors (Lipinski definition) is 7. The van der Waals surface area contributed by atoms with Gasteiger partial charge in [0.25, 0.3) is 11.8 Å². The molecule has 1 fully saturated rings. The number of H-pyrrole nitrogens is 1. The molecule has 2 aromatic carbocycles.